The van der Waals surface area contributed by atoms with Gasteiger partial charge in [-0.1, -0.05) is 0 Å². The summed E-state index contributed by atoms with van der Waals surface area (Å²) in [5.41, 5.74) is 3.90. The number of aryl methyl sites for hydroxylation is 2. The second-order valence-corrected chi connectivity index (χ2v) is 4.77. The molecule has 1 aromatic carbocycles. The molecule has 0 saturated heterocycles. The van der Waals surface area contributed by atoms with Crippen molar-refractivity contribution >= 4 is 5.69 Å². The minimum absolute atomic E-state index is 0.586. The van der Waals surface area contributed by atoms with Crippen LogP contribution in [0.4, 0.5) is 5.69 Å². The SMILES string of the molecule is Cc1nccn1-c1ccc2c(c1)CCC(C)N2. The largest absolute Gasteiger partial charge is 0.382 e. The van der Waals surface area contributed by atoms with Crippen LogP contribution in [0.1, 0.15) is 24.7 Å². The number of rotatable bonds is 1. The molecule has 0 saturated carbocycles. The number of anilines is 1. The van der Waals surface area contributed by atoms with Crippen molar-refractivity contribution in [3.05, 3.63) is 42.0 Å². The summed E-state index contributed by atoms with van der Waals surface area (Å²) >= 11 is 0. The second kappa shape index (κ2) is 3.91. The molecule has 1 N–H and O–H groups in total. The van der Waals surface area contributed by atoms with E-state index in [1.807, 2.05) is 19.3 Å². The summed E-state index contributed by atoms with van der Waals surface area (Å²) in [5.74, 6) is 1.03. The summed E-state index contributed by atoms with van der Waals surface area (Å²) in [6.07, 6.45) is 6.22. The van der Waals surface area contributed by atoms with E-state index in [1.54, 1.807) is 0 Å². The molecule has 0 amide bonds. The highest BCUT2D eigenvalue weighted by Crippen LogP contribution is 2.27. The van der Waals surface area contributed by atoms with Gasteiger partial charge < -0.3 is 9.88 Å². The topological polar surface area (TPSA) is 29.9 Å². The molecule has 1 atom stereocenters. The van der Waals surface area contributed by atoms with Crippen molar-refractivity contribution in [3.63, 3.8) is 0 Å². The summed E-state index contributed by atoms with van der Waals surface area (Å²) in [4.78, 5) is 4.26. The molecule has 0 aliphatic carbocycles. The fourth-order valence-electron chi connectivity index (χ4n) is 2.44. The van der Waals surface area contributed by atoms with Crippen LogP contribution in [-0.2, 0) is 6.42 Å². The fourth-order valence-corrected chi connectivity index (χ4v) is 2.44. The highest BCUT2D eigenvalue weighted by Gasteiger charge is 2.14. The van der Waals surface area contributed by atoms with Crippen LogP contribution in [-0.4, -0.2) is 15.6 Å². The van der Waals surface area contributed by atoms with E-state index in [0.717, 1.165) is 12.2 Å². The Balaban J connectivity index is 2.02. The van der Waals surface area contributed by atoms with Gasteiger partial charge in [0.1, 0.15) is 5.82 Å². The van der Waals surface area contributed by atoms with Crippen LogP contribution in [0.5, 0.6) is 0 Å². The number of imidazole rings is 1. The lowest BCUT2D eigenvalue weighted by Crippen LogP contribution is -2.21. The molecule has 1 aromatic heterocycles. The summed E-state index contributed by atoms with van der Waals surface area (Å²) in [5, 5.41) is 3.52. The molecule has 3 rings (SSSR count). The molecule has 0 fully saturated rings. The van der Waals surface area contributed by atoms with Crippen LogP contribution >= 0.6 is 0 Å². The maximum absolute atomic E-state index is 4.26. The minimum atomic E-state index is 0.586. The maximum atomic E-state index is 4.26. The lowest BCUT2D eigenvalue weighted by atomic mass is 9.98. The quantitative estimate of drug-likeness (QED) is 0.811. The first-order valence-electron chi connectivity index (χ1n) is 6.14. The van der Waals surface area contributed by atoms with Crippen molar-refractivity contribution in [1.82, 2.24) is 9.55 Å². The molecule has 17 heavy (non-hydrogen) atoms. The fraction of sp³-hybridized carbons (Fsp3) is 0.357. The minimum Gasteiger partial charge on any atom is -0.382 e. The lowest BCUT2D eigenvalue weighted by Gasteiger charge is -2.24. The highest BCUT2D eigenvalue weighted by molar-refractivity contribution is 5.58. The predicted octanol–water partition coefficient (Wildman–Crippen LogP) is 2.93. The Morgan fingerprint density at radius 3 is 3.06 bits per heavy atom. The summed E-state index contributed by atoms with van der Waals surface area (Å²) in [7, 11) is 0. The van der Waals surface area contributed by atoms with E-state index >= 15 is 0 Å². The molecule has 88 valence electrons. The highest BCUT2D eigenvalue weighted by atomic mass is 15.1. The van der Waals surface area contributed by atoms with E-state index in [9.17, 15) is 0 Å². The number of nitrogens with zero attached hydrogens (tertiary/aromatic N) is 2. The first kappa shape index (κ1) is 10.4. The Kier molecular flexibility index (Phi) is 2.39. The van der Waals surface area contributed by atoms with Crippen molar-refractivity contribution in [2.45, 2.75) is 32.7 Å². The van der Waals surface area contributed by atoms with E-state index in [4.69, 9.17) is 0 Å². The van der Waals surface area contributed by atoms with Gasteiger partial charge in [0.05, 0.1) is 0 Å². The Hall–Kier alpha value is -1.77. The molecule has 1 aliphatic rings. The van der Waals surface area contributed by atoms with Gasteiger partial charge in [-0.15, -0.1) is 0 Å². The lowest BCUT2D eigenvalue weighted by molar-refractivity contribution is 0.680. The molecule has 3 nitrogen and oxygen atoms in total. The zero-order valence-electron chi connectivity index (χ0n) is 10.3. The number of hydrogen-bond donors (Lipinski definition) is 1. The number of fused-ring (bicyclic) bond motifs is 1. The van der Waals surface area contributed by atoms with E-state index in [2.05, 4.69) is 40.0 Å². The number of aromatic nitrogens is 2. The second-order valence-electron chi connectivity index (χ2n) is 4.77. The smallest absolute Gasteiger partial charge is 0.110 e. The van der Waals surface area contributed by atoms with E-state index < -0.39 is 0 Å². The van der Waals surface area contributed by atoms with Crippen LogP contribution in [0, 0.1) is 6.92 Å². The van der Waals surface area contributed by atoms with Crippen molar-refractivity contribution in [1.29, 1.82) is 0 Å². The monoisotopic (exact) mass is 227 g/mol. The number of nitrogens with one attached hydrogen (secondary N) is 1. The Morgan fingerprint density at radius 1 is 1.41 bits per heavy atom. The maximum Gasteiger partial charge on any atom is 0.110 e. The van der Waals surface area contributed by atoms with Gasteiger partial charge in [-0.25, -0.2) is 4.98 Å². The van der Waals surface area contributed by atoms with Crippen LogP contribution < -0.4 is 5.32 Å². The Labute approximate surface area is 101 Å². The van der Waals surface area contributed by atoms with Crippen molar-refractivity contribution in [2.75, 3.05) is 5.32 Å². The predicted molar refractivity (Wildman–Crippen MR) is 69.7 cm³/mol. The molecule has 1 unspecified atom stereocenters. The van der Waals surface area contributed by atoms with Crippen LogP contribution in [0.15, 0.2) is 30.6 Å². The van der Waals surface area contributed by atoms with Gasteiger partial charge in [0.15, 0.2) is 0 Å². The number of benzene rings is 1. The van der Waals surface area contributed by atoms with Crippen LogP contribution in [0.25, 0.3) is 5.69 Å². The third-order valence-electron chi connectivity index (χ3n) is 3.44. The Bertz CT molecular complexity index is 542. The average Bonchev–Trinajstić information content (AvgIpc) is 2.75. The van der Waals surface area contributed by atoms with Crippen LogP contribution in [0.2, 0.25) is 0 Å². The zero-order valence-corrected chi connectivity index (χ0v) is 10.3. The summed E-state index contributed by atoms with van der Waals surface area (Å²) in [6, 6.07) is 7.18. The van der Waals surface area contributed by atoms with Gasteiger partial charge in [-0.3, -0.25) is 0 Å². The first-order chi connectivity index (χ1) is 8.24. The molecule has 2 aromatic rings. The average molecular weight is 227 g/mol. The summed E-state index contributed by atoms with van der Waals surface area (Å²) < 4.78 is 2.12. The normalized spacial score (nSPS) is 18.6. The molecule has 0 spiro atoms. The third kappa shape index (κ3) is 1.82. The van der Waals surface area contributed by atoms with Gasteiger partial charge in [-0.2, -0.15) is 0 Å². The summed E-state index contributed by atoms with van der Waals surface area (Å²) in [6.45, 7) is 4.26. The van der Waals surface area contributed by atoms with E-state index in [-0.39, 0.29) is 0 Å². The van der Waals surface area contributed by atoms with Crippen molar-refractivity contribution in [2.24, 2.45) is 0 Å². The standard InChI is InChI=1S/C14H17N3/c1-10-3-4-12-9-13(5-6-14(12)16-10)17-8-7-15-11(17)2/h5-10,16H,3-4H2,1-2H3. The molecule has 2 heterocycles. The van der Waals surface area contributed by atoms with Gasteiger partial charge in [0.25, 0.3) is 0 Å². The Morgan fingerprint density at radius 2 is 2.29 bits per heavy atom. The molecular weight excluding hydrogens is 210 g/mol. The van der Waals surface area contributed by atoms with E-state index in [1.165, 1.54) is 23.4 Å². The molecule has 0 bridgehead atoms. The molecular formula is C14H17N3. The van der Waals surface area contributed by atoms with Gasteiger partial charge in [-0.05, 0) is 50.5 Å². The van der Waals surface area contributed by atoms with Gasteiger partial charge in [0.2, 0.25) is 0 Å². The first-order valence-corrected chi connectivity index (χ1v) is 6.14. The molecule has 1 aliphatic heterocycles. The van der Waals surface area contributed by atoms with Crippen LogP contribution in [0.3, 0.4) is 0 Å². The van der Waals surface area contributed by atoms with Crippen molar-refractivity contribution < 1.29 is 0 Å². The van der Waals surface area contributed by atoms with Crippen molar-refractivity contribution in [3.8, 4) is 5.69 Å². The third-order valence-corrected chi connectivity index (χ3v) is 3.44. The zero-order chi connectivity index (χ0) is 11.8. The van der Waals surface area contributed by atoms with Gasteiger partial charge >= 0.3 is 0 Å². The van der Waals surface area contributed by atoms with Gasteiger partial charge in [0, 0.05) is 29.8 Å². The molecule has 3 heteroatoms. The van der Waals surface area contributed by atoms with E-state index in [0.29, 0.717) is 6.04 Å². The number of hydrogen-bond acceptors (Lipinski definition) is 2. The molecule has 0 radical (unpaired) electrons.